The molecule has 1 fully saturated rings. The van der Waals surface area contributed by atoms with E-state index in [0.717, 1.165) is 5.56 Å². The molecule has 1 aromatic rings. The Bertz CT molecular complexity index is 527. The average molecular weight is 320 g/mol. The van der Waals surface area contributed by atoms with Gasteiger partial charge in [-0.15, -0.1) is 0 Å². The quantitative estimate of drug-likeness (QED) is 0.753. The highest BCUT2D eigenvalue weighted by molar-refractivity contribution is 5.90. The third-order valence-corrected chi connectivity index (χ3v) is 4.29. The number of ether oxygens (including phenoxy) is 2. The molecule has 23 heavy (non-hydrogen) atoms. The summed E-state index contributed by atoms with van der Waals surface area (Å²) in [5, 5.41) is 6.02. The number of methoxy groups -OCH3 is 2. The van der Waals surface area contributed by atoms with Crippen LogP contribution in [0, 0.1) is 0 Å². The van der Waals surface area contributed by atoms with Crippen LogP contribution in [0.15, 0.2) is 30.3 Å². The van der Waals surface area contributed by atoms with Gasteiger partial charge in [0, 0.05) is 13.5 Å². The largest absolute Gasteiger partial charge is 0.467 e. The average Bonchev–Trinajstić information content (AvgIpc) is 2.61. The maximum absolute atomic E-state index is 12.7. The summed E-state index contributed by atoms with van der Waals surface area (Å²) in [5.74, 6) is -0.713. The molecule has 6 heteroatoms. The van der Waals surface area contributed by atoms with E-state index >= 15 is 0 Å². The minimum absolute atomic E-state index is 0.257. The fraction of sp³-hybridized carbons (Fsp3) is 0.529. The van der Waals surface area contributed by atoms with Gasteiger partial charge in [-0.25, -0.2) is 4.79 Å². The highest BCUT2D eigenvalue weighted by atomic mass is 16.5. The van der Waals surface area contributed by atoms with E-state index in [4.69, 9.17) is 9.47 Å². The van der Waals surface area contributed by atoms with Gasteiger partial charge in [-0.1, -0.05) is 30.3 Å². The maximum Gasteiger partial charge on any atom is 0.328 e. The van der Waals surface area contributed by atoms with Gasteiger partial charge in [0.1, 0.15) is 11.6 Å². The molecule has 0 radical (unpaired) electrons. The number of esters is 1. The van der Waals surface area contributed by atoms with Crippen molar-refractivity contribution in [3.63, 3.8) is 0 Å². The molecule has 1 aromatic carbocycles. The SMILES string of the molecule is COC(=O)C(Cc1ccccc1)NC(=O)C1(OC)CCNCC1. The fourth-order valence-electron chi connectivity index (χ4n) is 2.83. The molecule has 1 saturated heterocycles. The standard InChI is InChI=1S/C17H24N2O4/c1-22-15(20)14(12-13-6-4-3-5-7-13)19-16(21)17(23-2)8-10-18-11-9-17/h3-7,14,18H,8-12H2,1-2H3,(H,19,21). The summed E-state index contributed by atoms with van der Waals surface area (Å²) in [6, 6.07) is 8.81. The molecular formula is C17H24N2O4. The summed E-state index contributed by atoms with van der Waals surface area (Å²) in [6.07, 6.45) is 1.54. The lowest BCUT2D eigenvalue weighted by Crippen LogP contribution is -2.57. The van der Waals surface area contributed by atoms with Crippen molar-refractivity contribution in [3.8, 4) is 0 Å². The number of benzene rings is 1. The van der Waals surface area contributed by atoms with Gasteiger partial charge >= 0.3 is 5.97 Å². The first-order valence-corrected chi connectivity index (χ1v) is 7.80. The molecule has 0 spiro atoms. The topological polar surface area (TPSA) is 76.7 Å². The van der Waals surface area contributed by atoms with Crippen LogP contribution in [0.25, 0.3) is 0 Å². The highest BCUT2D eigenvalue weighted by Crippen LogP contribution is 2.23. The summed E-state index contributed by atoms with van der Waals surface area (Å²) in [5.41, 5.74) is 0.0776. The van der Waals surface area contributed by atoms with Gasteiger partial charge in [-0.05, 0) is 31.5 Å². The Morgan fingerprint density at radius 2 is 1.87 bits per heavy atom. The Morgan fingerprint density at radius 1 is 1.22 bits per heavy atom. The summed E-state index contributed by atoms with van der Waals surface area (Å²) in [4.78, 5) is 24.7. The van der Waals surface area contributed by atoms with E-state index in [1.807, 2.05) is 30.3 Å². The van der Waals surface area contributed by atoms with Gasteiger partial charge in [-0.2, -0.15) is 0 Å². The molecule has 2 rings (SSSR count). The van der Waals surface area contributed by atoms with Crippen LogP contribution in [0.5, 0.6) is 0 Å². The fourth-order valence-corrected chi connectivity index (χ4v) is 2.83. The minimum atomic E-state index is -0.881. The van der Waals surface area contributed by atoms with E-state index in [9.17, 15) is 9.59 Å². The summed E-state index contributed by atoms with van der Waals surface area (Å²) < 4.78 is 10.3. The first-order valence-electron chi connectivity index (χ1n) is 7.80. The molecule has 126 valence electrons. The first-order chi connectivity index (χ1) is 11.1. The lowest BCUT2D eigenvalue weighted by Gasteiger charge is -2.35. The van der Waals surface area contributed by atoms with E-state index in [2.05, 4.69) is 10.6 Å². The number of amides is 1. The number of carbonyl (C=O) groups is 2. The van der Waals surface area contributed by atoms with Crippen LogP contribution in [-0.2, 0) is 25.5 Å². The third kappa shape index (κ3) is 4.30. The lowest BCUT2D eigenvalue weighted by atomic mass is 9.90. The molecule has 1 unspecified atom stereocenters. The molecule has 0 bridgehead atoms. The van der Waals surface area contributed by atoms with Crippen LogP contribution in [0.1, 0.15) is 18.4 Å². The van der Waals surface area contributed by atoms with Crippen molar-refractivity contribution < 1.29 is 19.1 Å². The molecular weight excluding hydrogens is 296 g/mol. The molecule has 0 aliphatic carbocycles. The Morgan fingerprint density at radius 3 is 2.43 bits per heavy atom. The Hall–Kier alpha value is -1.92. The predicted octanol–water partition coefficient (Wildman–Crippen LogP) is 0.656. The number of piperidine rings is 1. The second-order valence-electron chi connectivity index (χ2n) is 5.69. The zero-order valence-corrected chi connectivity index (χ0v) is 13.6. The van der Waals surface area contributed by atoms with Crippen LogP contribution in [0.2, 0.25) is 0 Å². The molecule has 1 heterocycles. The van der Waals surface area contributed by atoms with Crippen molar-refractivity contribution in [1.29, 1.82) is 0 Å². The summed E-state index contributed by atoms with van der Waals surface area (Å²) in [7, 11) is 2.86. The second kappa shape index (κ2) is 8.08. The van der Waals surface area contributed by atoms with Gasteiger partial charge in [0.15, 0.2) is 0 Å². The molecule has 1 aliphatic heterocycles. The van der Waals surface area contributed by atoms with E-state index in [-0.39, 0.29) is 5.91 Å². The molecule has 1 amide bonds. The minimum Gasteiger partial charge on any atom is -0.467 e. The normalized spacial score (nSPS) is 18.0. The van der Waals surface area contributed by atoms with Crippen molar-refractivity contribution >= 4 is 11.9 Å². The lowest BCUT2D eigenvalue weighted by molar-refractivity contribution is -0.153. The second-order valence-corrected chi connectivity index (χ2v) is 5.69. The Labute approximate surface area is 136 Å². The molecule has 0 saturated carbocycles. The molecule has 0 aromatic heterocycles. The Balaban J connectivity index is 2.10. The summed E-state index contributed by atoms with van der Waals surface area (Å²) >= 11 is 0. The Kier molecular flexibility index (Phi) is 6.12. The van der Waals surface area contributed by atoms with E-state index in [0.29, 0.717) is 32.4 Å². The van der Waals surface area contributed by atoms with Crippen LogP contribution in [0.4, 0.5) is 0 Å². The van der Waals surface area contributed by atoms with Crippen LogP contribution < -0.4 is 10.6 Å². The summed E-state index contributed by atoms with van der Waals surface area (Å²) in [6.45, 7) is 1.42. The molecule has 2 N–H and O–H groups in total. The molecule has 1 aliphatic rings. The predicted molar refractivity (Wildman–Crippen MR) is 85.9 cm³/mol. The first kappa shape index (κ1) is 17.4. The van der Waals surface area contributed by atoms with Crippen molar-refractivity contribution in [2.75, 3.05) is 27.3 Å². The van der Waals surface area contributed by atoms with Gasteiger partial charge in [0.2, 0.25) is 0 Å². The van der Waals surface area contributed by atoms with Gasteiger partial charge in [0.25, 0.3) is 5.91 Å². The zero-order valence-electron chi connectivity index (χ0n) is 13.6. The zero-order chi connectivity index (χ0) is 16.7. The number of hydrogen-bond acceptors (Lipinski definition) is 5. The maximum atomic E-state index is 12.7. The van der Waals surface area contributed by atoms with Crippen molar-refractivity contribution in [1.82, 2.24) is 10.6 Å². The van der Waals surface area contributed by atoms with Gasteiger partial charge in [0.05, 0.1) is 7.11 Å². The third-order valence-electron chi connectivity index (χ3n) is 4.29. The molecule has 1 atom stereocenters. The number of hydrogen-bond donors (Lipinski definition) is 2. The highest BCUT2D eigenvalue weighted by Gasteiger charge is 2.41. The van der Waals surface area contributed by atoms with E-state index in [1.54, 1.807) is 0 Å². The van der Waals surface area contributed by atoms with Crippen molar-refractivity contribution in [2.45, 2.75) is 30.9 Å². The number of rotatable bonds is 6. The van der Waals surface area contributed by atoms with Crippen LogP contribution >= 0.6 is 0 Å². The van der Waals surface area contributed by atoms with Crippen LogP contribution in [0.3, 0.4) is 0 Å². The molecule has 6 nitrogen and oxygen atoms in total. The van der Waals surface area contributed by atoms with E-state index in [1.165, 1.54) is 14.2 Å². The number of nitrogens with one attached hydrogen (secondary N) is 2. The van der Waals surface area contributed by atoms with Crippen molar-refractivity contribution in [3.05, 3.63) is 35.9 Å². The van der Waals surface area contributed by atoms with Gasteiger partial charge < -0.3 is 20.1 Å². The van der Waals surface area contributed by atoms with Crippen LogP contribution in [-0.4, -0.2) is 50.8 Å². The van der Waals surface area contributed by atoms with E-state index < -0.39 is 17.6 Å². The monoisotopic (exact) mass is 320 g/mol. The number of carbonyl (C=O) groups excluding carboxylic acids is 2. The smallest absolute Gasteiger partial charge is 0.328 e. The van der Waals surface area contributed by atoms with Crippen molar-refractivity contribution in [2.24, 2.45) is 0 Å². The van der Waals surface area contributed by atoms with Gasteiger partial charge in [-0.3, -0.25) is 4.79 Å².